The summed E-state index contributed by atoms with van der Waals surface area (Å²) in [5.74, 6) is -1.18. The number of aliphatic carboxylic acids is 1. The molecule has 108 valence electrons. The molecule has 0 aromatic carbocycles. The number of likely N-dealkylation sites (tertiary alicyclic amines) is 2. The van der Waals surface area contributed by atoms with Gasteiger partial charge in [-0.05, 0) is 25.2 Å². The second-order valence-electron chi connectivity index (χ2n) is 5.69. The molecule has 0 radical (unpaired) electrons. The number of hydrogen-bond acceptors (Lipinski definition) is 3. The number of aliphatic hydroxyl groups is 1. The predicted octanol–water partition coefficient (Wildman–Crippen LogP) is 0.606. The lowest BCUT2D eigenvalue weighted by molar-refractivity contribution is -0.143. The summed E-state index contributed by atoms with van der Waals surface area (Å²) >= 11 is 0. The zero-order chi connectivity index (χ0) is 14.0. The molecule has 2 saturated heterocycles. The molecule has 6 nitrogen and oxygen atoms in total. The van der Waals surface area contributed by atoms with Crippen LogP contribution >= 0.6 is 0 Å². The number of nitrogens with zero attached hydrogens (tertiary/aromatic N) is 2. The van der Waals surface area contributed by atoms with E-state index in [2.05, 4.69) is 0 Å². The van der Waals surface area contributed by atoms with Crippen molar-refractivity contribution in [1.82, 2.24) is 9.80 Å². The summed E-state index contributed by atoms with van der Waals surface area (Å²) < 4.78 is 0. The number of aliphatic hydroxyl groups excluding tert-OH is 1. The zero-order valence-electron chi connectivity index (χ0n) is 11.3. The fourth-order valence-electron chi connectivity index (χ4n) is 2.86. The Labute approximate surface area is 113 Å². The van der Waals surface area contributed by atoms with Gasteiger partial charge in [-0.2, -0.15) is 0 Å². The number of carbonyl (C=O) groups is 2. The standard InChI is InChI=1S/C13H22N2O4/c1-9-7-15(6-4-11(9)16)13(19)14-5-2-3-10(8-14)12(17)18/h9-11,16H,2-8H2,1H3,(H,17,18)/t9?,10-,11?/m0/s1. The van der Waals surface area contributed by atoms with Crippen LogP contribution in [0.5, 0.6) is 0 Å². The second-order valence-corrected chi connectivity index (χ2v) is 5.69. The van der Waals surface area contributed by atoms with Gasteiger partial charge in [0.1, 0.15) is 0 Å². The highest BCUT2D eigenvalue weighted by Gasteiger charge is 2.33. The van der Waals surface area contributed by atoms with Crippen molar-refractivity contribution in [3.8, 4) is 0 Å². The lowest BCUT2D eigenvalue weighted by Crippen LogP contribution is -2.53. The number of urea groups is 1. The first kappa shape index (κ1) is 14.1. The molecule has 0 aromatic heterocycles. The Hall–Kier alpha value is -1.30. The molecule has 6 heteroatoms. The highest BCUT2D eigenvalue weighted by molar-refractivity contribution is 5.76. The third-order valence-corrected chi connectivity index (χ3v) is 4.17. The van der Waals surface area contributed by atoms with Crippen molar-refractivity contribution in [1.29, 1.82) is 0 Å². The normalized spacial score (nSPS) is 32.2. The Morgan fingerprint density at radius 3 is 2.42 bits per heavy atom. The number of piperidine rings is 2. The first-order valence-electron chi connectivity index (χ1n) is 6.93. The Bertz CT molecular complexity index is 361. The van der Waals surface area contributed by atoms with E-state index in [-0.39, 0.29) is 18.1 Å². The topological polar surface area (TPSA) is 81.1 Å². The predicted molar refractivity (Wildman–Crippen MR) is 68.7 cm³/mol. The molecule has 0 aliphatic carbocycles. The monoisotopic (exact) mass is 270 g/mol. The van der Waals surface area contributed by atoms with Crippen molar-refractivity contribution in [2.75, 3.05) is 26.2 Å². The molecule has 19 heavy (non-hydrogen) atoms. The van der Waals surface area contributed by atoms with E-state index < -0.39 is 11.9 Å². The van der Waals surface area contributed by atoms with E-state index in [1.807, 2.05) is 6.92 Å². The number of rotatable bonds is 1. The highest BCUT2D eigenvalue weighted by atomic mass is 16.4. The van der Waals surface area contributed by atoms with Gasteiger partial charge >= 0.3 is 12.0 Å². The molecule has 2 aliphatic rings. The molecule has 3 atom stereocenters. The maximum absolute atomic E-state index is 12.4. The van der Waals surface area contributed by atoms with Gasteiger partial charge in [-0.15, -0.1) is 0 Å². The fraction of sp³-hybridized carbons (Fsp3) is 0.846. The van der Waals surface area contributed by atoms with Gasteiger partial charge < -0.3 is 20.0 Å². The molecule has 2 amide bonds. The van der Waals surface area contributed by atoms with E-state index >= 15 is 0 Å². The Morgan fingerprint density at radius 1 is 1.11 bits per heavy atom. The molecule has 2 rings (SSSR count). The number of carboxylic acid groups (broad SMARTS) is 1. The smallest absolute Gasteiger partial charge is 0.320 e. The average Bonchev–Trinajstić information content (AvgIpc) is 2.41. The van der Waals surface area contributed by atoms with Crippen LogP contribution in [-0.2, 0) is 4.79 Å². The van der Waals surface area contributed by atoms with Gasteiger partial charge in [0, 0.05) is 26.2 Å². The highest BCUT2D eigenvalue weighted by Crippen LogP contribution is 2.21. The Kier molecular flexibility index (Phi) is 4.29. The van der Waals surface area contributed by atoms with Crippen LogP contribution in [0, 0.1) is 11.8 Å². The first-order valence-corrected chi connectivity index (χ1v) is 6.93. The van der Waals surface area contributed by atoms with Crippen molar-refractivity contribution in [2.24, 2.45) is 11.8 Å². The first-order chi connectivity index (χ1) is 8.99. The van der Waals surface area contributed by atoms with Crippen LogP contribution in [0.25, 0.3) is 0 Å². The minimum atomic E-state index is -0.820. The summed E-state index contributed by atoms with van der Waals surface area (Å²) in [7, 11) is 0. The molecular weight excluding hydrogens is 248 g/mol. The molecule has 2 N–H and O–H groups in total. The summed E-state index contributed by atoms with van der Waals surface area (Å²) in [5, 5.41) is 18.7. The third kappa shape index (κ3) is 3.18. The largest absolute Gasteiger partial charge is 0.481 e. The van der Waals surface area contributed by atoms with Crippen molar-refractivity contribution < 1.29 is 19.8 Å². The van der Waals surface area contributed by atoms with Gasteiger partial charge in [-0.1, -0.05) is 6.92 Å². The maximum Gasteiger partial charge on any atom is 0.320 e. The van der Waals surface area contributed by atoms with Gasteiger partial charge in [0.15, 0.2) is 0 Å². The van der Waals surface area contributed by atoms with Crippen LogP contribution in [0.4, 0.5) is 4.79 Å². The minimum Gasteiger partial charge on any atom is -0.481 e. The van der Waals surface area contributed by atoms with Crippen LogP contribution in [0.15, 0.2) is 0 Å². The third-order valence-electron chi connectivity index (χ3n) is 4.17. The molecule has 0 bridgehead atoms. The number of hydrogen-bond donors (Lipinski definition) is 2. The molecule has 2 heterocycles. The van der Waals surface area contributed by atoms with E-state index in [0.717, 1.165) is 6.42 Å². The van der Waals surface area contributed by atoms with E-state index in [1.165, 1.54) is 0 Å². The fourth-order valence-corrected chi connectivity index (χ4v) is 2.86. The summed E-state index contributed by atoms with van der Waals surface area (Å²) in [6.45, 7) is 3.98. The molecule has 0 saturated carbocycles. The second kappa shape index (κ2) is 5.77. The summed E-state index contributed by atoms with van der Waals surface area (Å²) in [6.07, 6.45) is 1.66. The number of carbonyl (C=O) groups excluding carboxylic acids is 1. The summed E-state index contributed by atoms with van der Waals surface area (Å²) in [4.78, 5) is 26.7. The van der Waals surface area contributed by atoms with Crippen molar-refractivity contribution in [3.05, 3.63) is 0 Å². The van der Waals surface area contributed by atoms with Crippen molar-refractivity contribution >= 4 is 12.0 Å². The summed E-state index contributed by atoms with van der Waals surface area (Å²) in [6, 6.07) is -0.0790. The molecule has 0 aromatic rings. The van der Waals surface area contributed by atoms with Crippen molar-refractivity contribution in [2.45, 2.75) is 32.3 Å². The SMILES string of the molecule is CC1CN(C(=O)N2CCC[C@H](C(=O)O)C2)CCC1O. The van der Waals surface area contributed by atoms with Gasteiger partial charge in [-0.3, -0.25) is 4.79 Å². The Morgan fingerprint density at radius 2 is 1.79 bits per heavy atom. The van der Waals surface area contributed by atoms with E-state index in [1.54, 1.807) is 9.80 Å². The number of amides is 2. The van der Waals surface area contributed by atoms with Gasteiger partial charge in [0.2, 0.25) is 0 Å². The average molecular weight is 270 g/mol. The van der Waals surface area contributed by atoms with Gasteiger partial charge in [0.25, 0.3) is 0 Å². The summed E-state index contributed by atoms with van der Waals surface area (Å²) in [5.41, 5.74) is 0. The lowest BCUT2D eigenvalue weighted by Gasteiger charge is -2.39. The zero-order valence-corrected chi connectivity index (χ0v) is 11.3. The minimum absolute atomic E-state index is 0.0790. The molecule has 2 fully saturated rings. The molecule has 0 spiro atoms. The van der Waals surface area contributed by atoms with Crippen LogP contribution in [0.3, 0.4) is 0 Å². The van der Waals surface area contributed by atoms with E-state index in [0.29, 0.717) is 39.0 Å². The molecule has 2 aliphatic heterocycles. The quantitative estimate of drug-likeness (QED) is 0.731. The van der Waals surface area contributed by atoms with E-state index in [4.69, 9.17) is 5.11 Å². The number of carboxylic acids is 1. The maximum atomic E-state index is 12.4. The van der Waals surface area contributed by atoms with E-state index in [9.17, 15) is 14.7 Å². The van der Waals surface area contributed by atoms with Gasteiger partial charge in [-0.25, -0.2) is 4.79 Å². The van der Waals surface area contributed by atoms with Crippen LogP contribution in [0.2, 0.25) is 0 Å². The molecular formula is C13H22N2O4. The van der Waals surface area contributed by atoms with Crippen LogP contribution in [0.1, 0.15) is 26.2 Å². The Balaban J connectivity index is 1.94. The van der Waals surface area contributed by atoms with Crippen LogP contribution in [-0.4, -0.2) is 64.3 Å². The van der Waals surface area contributed by atoms with Crippen molar-refractivity contribution in [3.63, 3.8) is 0 Å². The van der Waals surface area contributed by atoms with Gasteiger partial charge in [0.05, 0.1) is 12.0 Å². The molecule has 2 unspecified atom stereocenters. The lowest BCUT2D eigenvalue weighted by atomic mass is 9.96. The van der Waals surface area contributed by atoms with Crippen LogP contribution < -0.4 is 0 Å².